The van der Waals surface area contributed by atoms with Gasteiger partial charge in [0, 0.05) is 12.3 Å². The standard InChI is InChI=1S/C28H25N3O8/c1-4-18-9-11-19(12-10-18)28(34)39-17-24(32)21(27(33)30-23-7-5-6-8-25(23)37-2)16-29-22-14-13-20(31(35)36)15-26(22)38-3/h4-16,32H,1,17H2,2-3H3,(H,30,33). The van der Waals surface area contributed by atoms with Gasteiger partial charge in [-0.1, -0.05) is 36.9 Å². The van der Waals surface area contributed by atoms with Crippen molar-refractivity contribution in [2.75, 3.05) is 26.1 Å². The molecule has 3 aromatic carbocycles. The Labute approximate surface area is 223 Å². The van der Waals surface area contributed by atoms with Crippen molar-refractivity contribution in [1.29, 1.82) is 0 Å². The van der Waals surface area contributed by atoms with E-state index in [0.717, 1.165) is 11.8 Å². The Kier molecular flexibility index (Phi) is 9.52. The van der Waals surface area contributed by atoms with E-state index in [-0.39, 0.29) is 28.3 Å². The van der Waals surface area contributed by atoms with Crippen molar-refractivity contribution in [3.8, 4) is 11.5 Å². The Bertz CT molecular complexity index is 1450. The van der Waals surface area contributed by atoms with Crippen molar-refractivity contribution in [3.63, 3.8) is 0 Å². The highest BCUT2D eigenvalue weighted by molar-refractivity contribution is 6.18. The van der Waals surface area contributed by atoms with E-state index in [1.165, 1.54) is 44.6 Å². The van der Waals surface area contributed by atoms with Crippen molar-refractivity contribution >= 4 is 41.2 Å². The number of aliphatic imine (C=N–C) groups is 1. The zero-order chi connectivity index (χ0) is 28.4. The molecule has 0 aliphatic rings. The maximum absolute atomic E-state index is 13.2. The molecular formula is C28H25N3O8. The van der Waals surface area contributed by atoms with Crippen LogP contribution in [0, 0.1) is 10.1 Å². The number of aliphatic hydroxyl groups is 1. The minimum Gasteiger partial charge on any atom is -0.508 e. The summed E-state index contributed by atoms with van der Waals surface area (Å²) in [5.74, 6) is -1.67. The molecule has 3 rings (SSSR count). The number of nitrogens with zero attached hydrogens (tertiary/aromatic N) is 2. The number of para-hydroxylation sites is 2. The number of carbonyl (C=O) groups excluding carboxylic acids is 2. The normalized spacial score (nSPS) is 11.3. The lowest BCUT2D eigenvalue weighted by Crippen LogP contribution is -2.20. The van der Waals surface area contributed by atoms with E-state index in [9.17, 15) is 24.8 Å². The first-order valence-corrected chi connectivity index (χ1v) is 11.4. The topological polar surface area (TPSA) is 150 Å². The number of aliphatic hydroxyl groups excluding tert-OH is 1. The average molecular weight is 532 g/mol. The van der Waals surface area contributed by atoms with E-state index in [1.54, 1.807) is 42.5 Å². The summed E-state index contributed by atoms with van der Waals surface area (Å²) in [4.78, 5) is 40.3. The first-order chi connectivity index (χ1) is 18.8. The Balaban J connectivity index is 1.92. The van der Waals surface area contributed by atoms with Gasteiger partial charge in [0.2, 0.25) is 0 Å². The smallest absolute Gasteiger partial charge is 0.338 e. The lowest BCUT2D eigenvalue weighted by Gasteiger charge is -2.12. The predicted octanol–water partition coefficient (Wildman–Crippen LogP) is 5.27. The molecule has 0 aliphatic heterocycles. The molecule has 0 atom stereocenters. The van der Waals surface area contributed by atoms with Crippen LogP contribution in [-0.4, -0.2) is 48.9 Å². The molecule has 0 bridgehead atoms. The third kappa shape index (κ3) is 7.29. The van der Waals surface area contributed by atoms with Crippen molar-refractivity contribution in [2.24, 2.45) is 4.99 Å². The van der Waals surface area contributed by atoms with E-state index < -0.39 is 29.2 Å². The molecule has 1 amide bonds. The molecule has 0 fully saturated rings. The molecule has 11 heteroatoms. The molecule has 2 N–H and O–H groups in total. The number of methoxy groups -OCH3 is 2. The Morgan fingerprint density at radius 2 is 1.74 bits per heavy atom. The summed E-state index contributed by atoms with van der Waals surface area (Å²) in [7, 11) is 2.74. The number of hydrogen-bond donors (Lipinski definition) is 2. The van der Waals surface area contributed by atoms with Crippen molar-refractivity contribution in [1.82, 2.24) is 0 Å². The molecule has 11 nitrogen and oxygen atoms in total. The summed E-state index contributed by atoms with van der Waals surface area (Å²) >= 11 is 0. The number of carbonyl (C=O) groups is 2. The highest BCUT2D eigenvalue weighted by Gasteiger charge is 2.19. The van der Waals surface area contributed by atoms with Gasteiger partial charge in [0.25, 0.3) is 11.6 Å². The summed E-state index contributed by atoms with van der Waals surface area (Å²) < 4.78 is 15.6. The molecule has 0 aromatic heterocycles. The van der Waals surface area contributed by atoms with Gasteiger partial charge in [-0.15, -0.1) is 0 Å². The summed E-state index contributed by atoms with van der Waals surface area (Å²) in [6, 6.07) is 16.8. The third-order valence-corrected chi connectivity index (χ3v) is 5.34. The minimum absolute atomic E-state index is 0.0684. The third-order valence-electron chi connectivity index (χ3n) is 5.34. The summed E-state index contributed by atoms with van der Waals surface area (Å²) in [5, 5.41) is 24.5. The summed E-state index contributed by atoms with van der Waals surface area (Å²) in [5.41, 5.74) is 0.955. The number of rotatable bonds is 11. The summed E-state index contributed by atoms with van der Waals surface area (Å²) in [6.45, 7) is 3.01. The lowest BCUT2D eigenvalue weighted by atomic mass is 10.1. The largest absolute Gasteiger partial charge is 0.508 e. The van der Waals surface area contributed by atoms with Crippen LogP contribution in [0.1, 0.15) is 15.9 Å². The number of ether oxygens (including phenoxy) is 3. The van der Waals surface area contributed by atoms with Gasteiger partial charge in [0.05, 0.1) is 42.0 Å². The number of esters is 1. The van der Waals surface area contributed by atoms with Gasteiger partial charge < -0.3 is 24.6 Å². The van der Waals surface area contributed by atoms with Crippen LogP contribution in [0.25, 0.3) is 6.08 Å². The second-order valence-electron chi connectivity index (χ2n) is 7.79. The number of non-ortho nitro benzene ring substituents is 1. The van der Waals surface area contributed by atoms with E-state index >= 15 is 0 Å². The molecule has 200 valence electrons. The number of benzene rings is 3. The van der Waals surface area contributed by atoms with Gasteiger partial charge in [-0.2, -0.15) is 0 Å². The van der Waals surface area contributed by atoms with E-state index in [1.807, 2.05) is 0 Å². The SMILES string of the molecule is C=Cc1ccc(C(=O)OCC(O)=C(C=Nc2ccc([N+](=O)[O-])cc2OC)C(=O)Nc2ccccc2OC)cc1. The van der Waals surface area contributed by atoms with Gasteiger partial charge in [-0.3, -0.25) is 19.9 Å². The van der Waals surface area contributed by atoms with Crippen LogP contribution < -0.4 is 14.8 Å². The summed E-state index contributed by atoms with van der Waals surface area (Å²) in [6.07, 6.45) is 2.66. The Morgan fingerprint density at radius 1 is 1.05 bits per heavy atom. The van der Waals surface area contributed by atoms with Crippen LogP contribution >= 0.6 is 0 Å². The highest BCUT2D eigenvalue weighted by Crippen LogP contribution is 2.31. The maximum atomic E-state index is 13.2. The van der Waals surface area contributed by atoms with Crippen LogP contribution in [0.2, 0.25) is 0 Å². The molecule has 0 heterocycles. The predicted molar refractivity (Wildman–Crippen MR) is 146 cm³/mol. The van der Waals surface area contributed by atoms with Crippen LogP contribution in [-0.2, 0) is 9.53 Å². The number of anilines is 1. The maximum Gasteiger partial charge on any atom is 0.338 e. The quantitative estimate of drug-likeness (QED) is 0.0849. The van der Waals surface area contributed by atoms with E-state index in [4.69, 9.17) is 14.2 Å². The van der Waals surface area contributed by atoms with Gasteiger partial charge >= 0.3 is 5.97 Å². The van der Waals surface area contributed by atoms with Gasteiger partial charge in [-0.25, -0.2) is 4.79 Å². The van der Waals surface area contributed by atoms with Crippen LogP contribution in [0.4, 0.5) is 17.1 Å². The molecule has 0 saturated heterocycles. The fraction of sp³-hybridized carbons (Fsp3) is 0.107. The van der Waals surface area contributed by atoms with Crippen LogP contribution in [0.3, 0.4) is 0 Å². The van der Waals surface area contributed by atoms with Crippen molar-refractivity contribution in [2.45, 2.75) is 0 Å². The monoisotopic (exact) mass is 531 g/mol. The van der Waals surface area contributed by atoms with Gasteiger partial charge in [0.15, 0.2) is 5.75 Å². The Hall–Kier alpha value is -5.45. The number of hydrogen-bond acceptors (Lipinski definition) is 9. The molecule has 39 heavy (non-hydrogen) atoms. The van der Waals surface area contributed by atoms with Gasteiger partial charge in [-0.05, 0) is 35.9 Å². The molecule has 0 spiro atoms. The first kappa shape index (κ1) is 28.1. The zero-order valence-corrected chi connectivity index (χ0v) is 21.1. The van der Waals surface area contributed by atoms with Crippen LogP contribution in [0.5, 0.6) is 11.5 Å². The second-order valence-corrected chi connectivity index (χ2v) is 7.79. The molecule has 0 radical (unpaired) electrons. The van der Waals surface area contributed by atoms with E-state index in [2.05, 4.69) is 16.9 Å². The molecule has 0 unspecified atom stereocenters. The fourth-order valence-electron chi connectivity index (χ4n) is 3.27. The average Bonchev–Trinajstić information content (AvgIpc) is 2.96. The molecule has 0 aliphatic carbocycles. The molecule has 3 aromatic rings. The number of amides is 1. The fourth-order valence-corrected chi connectivity index (χ4v) is 3.27. The van der Waals surface area contributed by atoms with E-state index in [0.29, 0.717) is 11.4 Å². The first-order valence-electron chi connectivity index (χ1n) is 11.4. The minimum atomic E-state index is -0.784. The zero-order valence-electron chi connectivity index (χ0n) is 21.1. The highest BCUT2D eigenvalue weighted by atomic mass is 16.6. The number of nitrogens with one attached hydrogen (secondary N) is 1. The van der Waals surface area contributed by atoms with Gasteiger partial charge in [0.1, 0.15) is 23.8 Å². The lowest BCUT2D eigenvalue weighted by molar-refractivity contribution is -0.384. The van der Waals surface area contributed by atoms with Crippen molar-refractivity contribution < 1.29 is 33.8 Å². The number of nitro groups is 1. The molecular weight excluding hydrogens is 506 g/mol. The molecule has 0 saturated carbocycles. The van der Waals surface area contributed by atoms with Crippen LogP contribution in [0.15, 0.2) is 89.6 Å². The number of nitro benzene ring substituents is 1. The van der Waals surface area contributed by atoms with Crippen molar-refractivity contribution in [3.05, 3.63) is 106 Å². The Morgan fingerprint density at radius 3 is 2.38 bits per heavy atom. The second kappa shape index (κ2) is 13.2.